The third kappa shape index (κ3) is 5.12. The maximum absolute atomic E-state index is 11.4. The highest BCUT2D eigenvalue weighted by Crippen LogP contribution is 2.15. The van der Waals surface area contributed by atoms with Gasteiger partial charge < -0.3 is 10.4 Å². The summed E-state index contributed by atoms with van der Waals surface area (Å²) in [6.07, 6.45) is 0.696. The van der Waals surface area contributed by atoms with Crippen LogP contribution in [0, 0.1) is 20.8 Å². The fraction of sp³-hybridized carbons (Fsp3) is 0.467. The Morgan fingerprint density at radius 2 is 1.68 bits per heavy atom. The molecule has 104 valence electrons. The van der Waals surface area contributed by atoms with Crippen LogP contribution in [0.15, 0.2) is 12.1 Å². The van der Waals surface area contributed by atoms with Crippen LogP contribution >= 0.6 is 0 Å². The number of aliphatic carboxylic acids is 1. The van der Waals surface area contributed by atoms with Gasteiger partial charge in [-0.3, -0.25) is 9.59 Å². The lowest BCUT2D eigenvalue weighted by Crippen LogP contribution is -2.26. The van der Waals surface area contributed by atoms with Gasteiger partial charge >= 0.3 is 5.97 Å². The minimum atomic E-state index is -0.944. The maximum atomic E-state index is 11.4. The SMILES string of the molecule is Cc1cc(C)c(CCNC(=O)CCC(=O)O)cc1C. The van der Waals surface area contributed by atoms with E-state index in [4.69, 9.17) is 5.11 Å². The Hall–Kier alpha value is -1.84. The van der Waals surface area contributed by atoms with Crippen LogP contribution in [0.4, 0.5) is 0 Å². The summed E-state index contributed by atoms with van der Waals surface area (Å²) in [7, 11) is 0. The Kier molecular flexibility index (Phi) is 5.55. The van der Waals surface area contributed by atoms with Crippen LogP contribution in [-0.4, -0.2) is 23.5 Å². The van der Waals surface area contributed by atoms with Gasteiger partial charge in [-0.1, -0.05) is 12.1 Å². The standard InChI is InChI=1S/C15H21NO3/c1-10-8-12(3)13(9-11(10)2)6-7-16-14(17)4-5-15(18)19/h8-9H,4-7H2,1-3H3,(H,16,17)(H,18,19). The van der Waals surface area contributed by atoms with Crippen molar-refractivity contribution in [3.63, 3.8) is 0 Å². The maximum Gasteiger partial charge on any atom is 0.303 e. The second kappa shape index (κ2) is 6.92. The van der Waals surface area contributed by atoms with E-state index in [2.05, 4.69) is 38.2 Å². The zero-order chi connectivity index (χ0) is 14.4. The van der Waals surface area contributed by atoms with E-state index in [1.807, 2.05) is 0 Å². The van der Waals surface area contributed by atoms with E-state index in [9.17, 15) is 9.59 Å². The van der Waals surface area contributed by atoms with Crippen LogP contribution in [0.3, 0.4) is 0 Å². The van der Waals surface area contributed by atoms with Crippen molar-refractivity contribution in [1.82, 2.24) is 5.32 Å². The summed E-state index contributed by atoms with van der Waals surface area (Å²) in [5, 5.41) is 11.2. The van der Waals surface area contributed by atoms with Crippen LogP contribution in [0.5, 0.6) is 0 Å². The number of hydrogen-bond acceptors (Lipinski definition) is 2. The highest BCUT2D eigenvalue weighted by molar-refractivity contribution is 5.80. The summed E-state index contributed by atoms with van der Waals surface area (Å²) in [5.74, 6) is -1.15. The molecule has 0 unspecified atom stereocenters. The van der Waals surface area contributed by atoms with Gasteiger partial charge in [0.2, 0.25) is 5.91 Å². The van der Waals surface area contributed by atoms with Crippen molar-refractivity contribution in [3.8, 4) is 0 Å². The fourth-order valence-electron chi connectivity index (χ4n) is 1.94. The number of aryl methyl sites for hydroxylation is 3. The second-order valence-corrected chi connectivity index (χ2v) is 4.86. The first-order valence-corrected chi connectivity index (χ1v) is 6.45. The highest BCUT2D eigenvalue weighted by atomic mass is 16.4. The van der Waals surface area contributed by atoms with Crippen molar-refractivity contribution in [1.29, 1.82) is 0 Å². The molecule has 19 heavy (non-hydrogen) atoms. The third-order valence-electron chi connectivity index (χ3n) is 3.23. The lowest BCUT2D eigenvalue weighted by Gasteiger charge is -2.10. The molecule has 2 N–H and O–H groups in total. The van der Waals surface area contributed by atoms with Crippen molar-refractivity contribution in [2.75, 3.05) is 6.54 Å². The van der Waals surface area contributed by atoms with E-state index in [0.29, 0.717) is 6.54 Å². The van der Waals surface area contributed by atoms with Crippen molar-refractivity contribution >= 4 is 11.9 Å². The highest BCUT2D eigenvalue weighted by Gasteiger charge is 2.06. The predicted octanol–water partition coefficient (Wildman–Crippen LogP) is 2.14. The molecule has 0 aliphatic heterocycles. The summed E-state index contributed by atoms with van der Waals surface area (Å²) in [5.41, 5.74) is 4.97. The Morgan fingerprint density at radius 1 is 1.05 bits per heavy atom. The number of carbonyl (C=O) groups excluding carboxylic acids is 1. The molecule has 1 aromatic carbocycles. The molecule has 0 radical (unpaired) electrons. The van der Waals surface area contributed by atoms with E-state index in [1.165, 1.54) is 22.3 Å². The molecule has 1 aromatic rings. The summed E-state index contributed by atoms with van der Waals surface area (Å²) in [6, 6.07) is 4.30. The average molecular weight is 263 g/mol. The summed E-state index contributed by atoms with van der Waals surface area (Å²) in [4.78, 5) is 21.7. The third-order valence-corrected chi connectivity index (χ3v) is 3.23. The number of hydrogen-bond donors (Lipinski definition) is 2. The molecule has 0 saturated heterocycles. The summed E-state index contributed by atoms with van der Waals surface area (Å²) in [6.45, 7) is 6.76. The smallest absolute Gasteiger partial charge is 0.303 e. The first kappa shape index (κ1) is 15.2. The lowest BCUT2D eigenvalue weighted by molar-refractivity contribution is -0.138. The Balaban J connectivity index is 2.43. The second-order valence-electron chi connectivity index (χ2n) is 4.86. The fourth-order valence-corrected chi connectivity index (χ4v) is 1.94. The van der Waals surface area contributed by atoms with Gasteiger partial charge in [-0.25, -0.2) is 0 Å². The number of amides is 1. The number of carbonyl (C=O) groups is 2. The average Bonchev–Trinajstić information content (AvgIpc) is 2.33. The van der Waals surface area contributed by atoms with Crippen molar-refractivity contribution in [2.45, 2.75) is 40.0 Å². The lowest BCUT2D eigenvalue weighted by atomic mass is 9.99. The molecule has 0 aliphatic carbocycles. The van der Waals surface area contributed by atoms with Crippen molar-refractivity contribution < 1.29 is 14.7 Å². The van der Waals surface area contributed by atoms with Gasteiger partial charge in [0.25, 0.3) is 0 Å². The van der Waals surface area contributed by atoms with E-state index in [-0.39, 0.29) is 18.7 Å². The molecule has 0 aromatic heterocycles. The van der Waals surface area contributed by atoms with Crippen molar-refractivity contribution in [3.05, 3.63) is 34.4 Å². The predicted molar refractivity (Wildman–Crippen MR) is 74.2 cm³/mol. The number of nitrogens with one attached hydrogen (secondary N) is 1. The molecule has 4 heteroatoms. The van der Waals surface area contributed by atoms with Gasteiger partial charge in [-0.2, -0.15) is 0 Å². The molecule has 1 rings (SSSR count). The van der Waals surface area contributed by atoms with Gasteiger partial charge in [0.15, 0.2) is 0 Å². The molecule has 4 nitrogen and oxygen atoms in total. The van der Waals surface area contributed by atoms with Crippen LogP contribution in [0.1, 0.15) is 35.1 Å². The molecule has 0 fully saturated rings. The van der Waals surface area contributed by atoms with Gasteiger partial charge in [0, 0.05) is 13.0 Å². The molecule has 1 amide bonds. The quantitative estimate of drug-likeness (QED) is 0.826. The first-order chi connectivity index (χ1) is 8.90. The number of benzene rings is 1. The number of carboxylic acid groups (broad SMARTS) is 1. The Morgan fingerprint density at radius 3 is 2.32 bits per heavy atom. The molecular formula is C15H21NO3. The van der Waals surface area contributed by atoms with Gasteiger partial charge in [-0.05, 0) is 49.4 Å². The molecule has 0 bridgehead atoms. The Bertz CT molecular complexity index is 481. The zero-order valence-corrected chi connectivity index (χ0v) is 11.7. The monoisotopic (exact) mass is 263 g/mol. The number of carboxylic acids is 1. The molecule has 0 heterocycles. The molecule has 0 aliphatic rings. The number of rotatable bonds is 6. The molecule has 0 atom stereocenters. The summed E-state index contributed by atoms with van der Waals surface area (Å²) >= 11 is 0. The van der Waals surface area contributed by atoms with E-state index < -0.39 is 5.97 Å². The van der Waals surface area contributed by atoms with Crippen LogP contribution in [0.2, 0.25) is 0 Å². The first-order valence-electron chi connectivity index (χ1n) is 6.45. The molecule has 0 saturated carbocycles. The topological polar surface area (TPSA) is 66.4 Å². The van der Waals surface area contributed by atoms with Gasteiger partial charge in [0.1, 0.15) is 0 Å². The van der Waals surface area contributed by atoms with Gasteiger partial charge in [0.05, 0.1) is 6.42 Å². The van der Waals surface area contributed by atoms with Gasteiger partial charge in [-0.15, -0.1) is 0 Å². The van der Waals surface area contributed by atoms with Crippen molar-refractivity contribution in [2.24, 2.45) is 0 Å². The van der Waals surface area contributed by atoms with E-state index in [1.54, 1.807) is 0 Å². The molecular weight excluding hydrogens is 242 g/mol. The minimum absolute atomic E-state index is 0.0429. The minimum Gasteiger partial charge on any atom is -0.481 e. The molecule has 0 spiro atoms. The normalized spacial score (nSPS) is 10.3. The Labute approximate surface area is 113 Å². The van der Waals surface area contributed by atoms with Crippen LogP contribution < -0.4 is 5.32 Å². The zero-order valence-electron chi connectivity index (χ0n) is 11.7. The van der Waals surface area contributed by atoms with Crippen LogP contribution in [-0.2, 0) is 16.0 Å². The largest absolute Gasteiger partial charge is 0.481 e. The summed E-state index contributed by atoms with van der Waals surface area (Å²) < 4.78 is 0. The van der Waals surface area contributed by atoms with E-state index >= 15 is 0 Å². The van der Waals surface area contributed by atoms with E-state index in [0.717, 1.165) is 6.42 Å². The van der Waals surface area contributed by atoms with Crippen LogP contribution in [0.25, 0.3) is 0 Å².